The number of hydrogen-bond donors (Lipinski definition) is 1. The SMILES string of the molecule is CNC(C)c1sc(-c2ccc(Br)c(C)c2)nc1C. The second kappa shape index (κ2) is 5.51. The standard InChI is InChI=1S/C14H17BrN2S/c1-8-7-11(5-6-12(8)15)14-17-10(3)13(18-14)9(2)16-4/h5-7,9,16H,1-4H3. The van der Waals surface area contributed by atoms with E-state index in [1.54, 1.807) is 11.3 Å². The van der Waals surface area contributed by atoms with Gasteiger partial charge >= 0.3 is 0 Å². The van der Waals surface area contributed by atoms with Gasteiger partial charge in [0.25, 0.3) is 0 Å². The molecule has 96 valence electrons. The van der Waals surface area contributed by atoms with Crippen LogP contribution in [0.4, 0.5) is 0 Å². The van der Waals surface area contributed by atoms with Crippen molar-refractivity contribution in [2.75, 3.05) is 7.05 Å². The lowest BCUT2D eigenvalue weighted by atomic mass is 10.1. The second-order valence-corrected chi connectivity index (χ2v) is 6.33. The Morgan fingerprint density at radius 1 is 1.33 bits per heavy atom. The van der Waals surface area contributed by atoms with Crippen LogP contribution < -0.4 is 5.32 Å². The van der Waals surface area contributed by atoms with Crippen molar-refractivity contribution in [3.05, 3.63) is 38.8 Å². The van der Waals surface area contributed by atoms with Crippen molar-refractivity contribution in [1.82, 2.24) is 10.3 Å². The maximum absolute atomic E-state index is 4.68. The number of rotatable bonds is 3. The minimum Gasteiger partial charge on any atom is -0.312 e. The van der Waals surface area contributed by atoms with E-state index in [1.165, 1.54) is 16.0 Å². The predicted molar refractivity (Wildman–Crippen MR) is 82.2 cm³/mol. The summed E-state index contributed by atoms with van der Waals surface area (Å²) in [5.41, 5.74) is 3.55. The van der Waals surface area contributed by atoms with E-state index in [-0.39, 0.29) is 0 Å². The second-order valence-electron chi connectivity index (χ2n) is 4.44. The fraction of sp³-hybridized carbons (Fsp3) is 0.357. The third-order valence-electron chi connectivity index (χ3n) is 3.06. The fourth-order valence-corrected chi connectivity index (χ4v) is 3.21. The number of aryl methyl sites for hydroxylation is 2. The van der Waals surface area contributed by atoms with Gasteiger partial charge in [-0.15, -0.1) is 11.3 Å². The monoisotopic (exact) mass is 324 g/mol. The number of aromatic nitrogens is 1. The summed E-state index contributed by atoms with van der Waals surface area (Å²) in [5.74, 6) is 0. The molecule has 0 aliphatic carbocycles. The van der Waals surface area contributed by atoms with Crippen LogP contribution in [-0.2, 0) is 0 Å². The Balaban J connectivity index is 2.42. The molecule has 0 amide bonds. The first kappa shape index (κ1) is 13.7. The highest BCUT2D eigenvalue weighted by Crippen LogP contribution is 2.33. The predicted octanol–water partition coefficient (Wildman–Crippen LogP) is 4.47. The number of benzene rings is 1. The van der Waals surface area contributed by atoms with Crippen LogP contribution in [0.3, 0.4) is 0 Å². The average Bonchev–Trinajstić information content (AvgIpc) is 2.74. The number of halogens is 1. The summed E-state index contributed by atoms with van der Waals surface area (Å²) in [6, 6.07) is 6.73. The van der Waals surface area contributed by atoms with Crippen LogP contribution in [0.2, 0.25) is 0 Å². The zero-order valence-electron chi connectivity index (χ0n) is 11.0. The van der Waals surface area contributed by atoms with Gasteiger partial charge in [-0.05, 0) is 45.5 Å². The molecule has 0 radical (unpaired) electrons. The molecule has 1 atom stereocenters. The van der Waals surface area contributed by atoms with Gasteiger partial charge in [0, 0.05) is 21.0 Å². The Kier molecular flexibility index (Phi) is 4.20. The summed E-state index contributed by atoms with van der Waals surface area (Å²) in [6.45, 7) is 6.34. The molecule has 1 N–H and O–H groups in total. The summed E-state index contributed by atoms with van der Waals surface area (Å²) in [6.07, 6.45) is 0. The topological polar surface area (TPSA) is 24.9 Å². The molecule has 1 aromatic heterocycles. The van der Waals surface area contributed by atoms with Gasteiger partial charge in [-0.25, -0.2) is 4.98 Å². The normalized spacial score (nSPS) is 12.7. The number of thiazole rings is 1. The lowest BCUT2D eigenvalue weighted by Gasteiger charge is -2.07. The van der Waals surface area contributed by atoms with Crippen LogP contribution in [-0.4, -0.2) is 12.0 Å². The average molecular weight is 325 g/mol. The van der Waals surface area contributed by atoms with Gasteiger partial charge in [-0.3, -0.25) is 0 Å². The molecule has 0 aliphatic rings. The molecule has 0 aliphatic heterocycles. The minimum atomic E-state index is 0.354. The summed E-state index contributed by atoms with van der Waals surface area (Å²) in [5, 5.41) is 4.37. The molecule has 2 rings (SSSR count). The van der Waals surface area contributed by atoms with Crippen LogP contribution in [0.1, 0.15) is 29.1 Å². The molecule has 0 saturated heterocycles. The molecule has 2 aromatic rings. The van der Waals surface area contributed by atoms with Crippen molar-refractivity contribution < 1.29 is 0 Å². The van der Waals surface area contributed by atoms with E-state index in [2.05, 4.69) is 65.2 Å². The smallest absolute Gasteiger partial charge is 0.123 e. The Hall–Kier alpha value is -0.710. The lowest BCUT2D eigenvalue weighted by molar-refractivity contribution is 0.658. The first-order chi connectivity index (χ1) is 8.52. The van der Waals surface area contributed by atoms with E-state index in [9.17, 15) is 0 Å². The van der Waals surface area contributed by atoms with Gasteiger partial charge in [0.15, 0.2) is 0 Å². The summed E-state index contributed by atoms with van der Waals surface area (Å²) < 4.78 is 1.14. The minimum absolute atomic E-state index is 0.354. The summed E-state index contributed by atoms with van der Waals surface area (Å²) in [4.78, 5) is 6.00. The molecular formula is C14H17BrN2S. The maximum Gasteiger partial charge on any atom is 0.123 e. The van der Waals surface area contributed by atoms with Gasteiger partial charge in [0.2, 0.25) is 0 Å². The number of nitrogens with zero attached hydrogens (tertiary/aromatic N) is 1. The van der Waals surface area contributed by atoms with E-state index in [0.717, 1.165) is 15.2 Å². The molecule has 1 unspecified atom stereocenters. The molecule has 0 bridgehead atoms. The Bertz CT molecular complexity index is 563. The molecular weight excluding hydrogens is 308 g/mol. The van der Waals surface area contributed by atoms with E-state index in [0.29, 0.717) is 6.04 Å². The summed E-state index contributed by atoms with van der Waals surface area (Å²) >= 11 is 5.30. The molecule has 0 fully saturated rings. The van der Waals surface area contributed by atoms with Gasteiger partial charge < -0.3 is 5.32 Å². The van der Waals surface area contributed by atoms with Gasteiger partial charge in [-0.2, -0.15) is 0 Å². The highest BCUT2D eigenvalue weighted by atomic mass is 79.9. The van der Waals surface area contributed by atoms with E-state index in [1.807, 2.05) is 7.05 Å². The Labute approximate surface area is 121 Å². The van der Waals surface area contributed by atoms with Crippen LogP contribution in [0.25, 0.3) is 10.6 Å². The maximum atomic E-state index is 4.68. The van der Waals surface area contributed by atoms with Crippen molar-refractivity contribution in [3.8, 4) is 10.6 Å². The molecule has 4 heteroatoms. The van der Waals surface area contributed by atoms with Crippen molar-refractivity contribution in [1.29, 1.82) is 0 Å². The fourth-order valence-electron chi connectivity index (χ4n) is 1.84. The van der Waals surface area contributed by atoms with Gasteiger partial charge in [-0.1, -0.05) is 22.0 Å². The zero-order valence-corrected chi connectivity index (χ0v) is 13.4. The highest BCUT2D eigenvalue weighted by molar-refractivity contribution is 9.10. The van der Waals surface area contributed by atoms with E-state index >= 15 is 0 Å². The molecule has 18 heavy (non-hydrogen) atoms. The molecule has 1 heterocycles. The first-order valence-electron chi connectivity index (χ1n) is 5.94. The Morgan fingerprint density at radius 3 is 2.67 bits per heavy atom. The van der Waals surface area contributed by atoms with Crippen molar-refractivity contribution in [3.63, 3.8) is 0 Å². The van der Waals surface area contributed by atoms with Gasteiger partial charge in [0.05, 0.1) is 5.69 Å². The molecule has 1 aromatic carbocycles. The third kappa shape index (κ3) is 2.66. The van der Waals surface area contributed by atoms with Crippen molar-refractivity contribution >= 4 is 27.3 Å². The molecule has 2 nitrogen and oxygen atoms in total. The lowest BCUT2D eigenvalue weighted by Crippen LogP contribution is -2.11. The molecule has 0 saturated carbocycles. The van der Waals surface area contributed by atoms with E-state index < -0.39 is 0 Å². The largest absolute Gasteiger partial charge is 0.312 e. The van der Waals surface area contributed by atoms with Crippen LogP contribution in [0.15, 0.2) is 22.7 Å². The number of nitrogens with one attached hydrogen (secondary N) is 1. The van der Waals surface area contributed by atoms with Gasteiger partial charge in [0.1, 0.15) is 5.01 Å². The first-order valence-corrected chi connectivity index (χ1v) is 7.55. The van der Waals surface area contributed by atoms with Crippen LogP contribution in [0.5, 0.6) is 0 Å². The third-order valence-corrected chi connectivity index (χ3v) is 5.34. The highest BCUT2D eigenvalue weighted by Gasteiger charge is 2.14. The summed E-state index contributed by atoms with van der Waals surface area (Å²) in [7, 11) is 1.98. The zero-order chi connectivity index (χ0) is 13.3. The number of hydrogen-bond acceptors (Lipinski definition) is 3. The molecule has 0 spiro atoms. The van der Waals surface area contributed by atoms with Crippen molar-refractivity contribution in [2.45, 2.75) is 26.8 Å². The Morgan fingerprint density at radius 2 is 2.06 bits per heavy atom. The van der Waals surface area contributed by atoms with Crippen LogP contribution >= 0.6 is 27.3 Å². The van der Waals surface area contributed by atoms with Crippen molar-refractivity contribution in [2.24, 2.45) is 0 Å². The van der Waals surface area contributed by atoms with E-state index in [4.69, 9.17) is 0 Å². The van der Waals surface area contributed by atoms with Crippen LogP contribution in [0, 0.1) is 13.8 Å². The quantitative estimate of drug-likeness (QED) is 0.900.